The lowest BCUT2D eigenvalue weighted by atomic mass is 10.1. The Morgan fingerprint density at radius 1 is 1.27 bits per heavy atom. The van der Waals surface area contributed by atoms with Gasteiger partial charge in [-0.1, -0.05) is 0 Å². The van der Waals surface area contributed by atoms with Crippen molar-refractivity contribution in [3.8, 4) is 11.5 Å². The van der Waals surface area contributed by atoms with Gasteiger partial charge in [0.2, 0.25) is 0 Å². The smallest absolute Gasteiger partial charge is 0.254 e. The number of rotatable bonds is 6. The van der Waals surface area contributed by atoms with Crippen LogP contribution in [0.2, 0.25) is 0 Å². The number of amides is 1. The van der Waals surface area contributed by atoms with E-state index in [1.165, 1.54) is 0 Å². The van der Waals surface area contributed by atoms with Crippen molar-refractivity contribution in [2.75, 3.05) is 20.8 Å². The molecule has 1 heterocycles. The molecule has 0 aliphatic heterocycles. The first-order valence-corrected chi connectivity index (χ1v) is 8.46. The summed E-state index contributed by atoms with van der Waals surface area (Å²) >= 11 is 5.05. The van der Waals surface area contributed by atoms with Crippen LogP contribution in [0.4, 0.5) is 0 Å². The number of hydrogen-bond donors (Lipinski definition) is 0. The van der Waals surface area contributed by atoms with Crippen LogP contribution >= 0.6 is 27.3 Å². The van der Waals surface area contributed by atoms with E-state index in [4.69, 9.17) is 9.47 Å². The highest BCUT2D eigenvalue weighted by Crippen LogP contribution is 2.29. The highest BCUT2D eigenvalue weighted by Gasteiger charge is 2.15. The first-order chi connectivity index (χ1) is 10.5. The van der Waals surface area contributed by atoms with Crippen LogP contribution < -0.4 is 9.47 Å². The zero-order valence-electron chi connectivity index (χ0n) is 12.8. The maximum absolute atomic E-state index is 12.5. The van der Waals surface area contributed by atoms with Gasteiger partial charge in [-0.15, -0.1) is 11.3 Å². The molecule has 2 rings (SSSR count). The van der Waals surface area contributed by atoms with Gasteiger partial charge in [0.15, 0.2) is 11.5 Å². The molecular weight excluding hydrogens is 366 g/mol. The molecule has 0 aliphatic rings. The molecule has 6 heteroatoms. The van der Waals surface area contributed by atoms with E-state index in [1.54, 1.807) is 48.6 Å². The summed E-state index contributed by atoms with van der Waals surface area (Å²) in [6.07, 6.45) is 0. The van der Waals surface area contributed by atoms with Gasteiger partial charge in [-0.3, -0.25) is 4.79 Å². The van der Waals surface area contributed by atoms with E-state index >= 15 is 0 Å². The lowest BCUT2D eigenvalue weighted by molar-refractivity contribution is 0.0786. The molecule has 1 amide bonds. The van der Waals surface area contributed by atoms with Gasteiger partial charge >= 0.3 is 0 Å². The van der Waals surface area contributed by atoms with Crippen molar-refractivity contribution >= 4 is 33.2 Å². The molecule has 0 unspecified atom stereocenters. The normalized spacial score (nSPS) is 10.4. The van der Waals surface area contributed by atoms with Crippen LogP contribution in [-0.4, -0.2) is 31.6 Å². The second-order valence-corrected chi connectivity index (χ2v) is 7.21. The van der Waals surface area contributed by atoms with Crippen molar-refractivity contribution in [3.63, 3.8) is 0 Å². The van der Waals surface area contributed by atoms with Crippen molar-refractivity contribution in [2.24, 2.45) is 0 Å². The Bertz CT molecular complexity index is 657. The third-order valence-electron chi connectivity index (χ3n) is 3.08. The molecule has 0 bridgehead atoms. The van der Waals surface area contributed by atoms with Crippen molar-refractivity contribution in [1.29, 1.82) is 0 Å². The van der Waals surface area contributed by atoms with E-state index in [0.717, 1.165) is 8.66 Å². The van der Waals surface area contributed by atoms with Crippen LogP contribution in [0.5, 0.6) is 11.5 Å². The van der Waals surface area contributed by atoms with E-state index < -0.39 is 0 Å². The lowest BCUT2D eigenvalue weighted by Gasteiger charge is -2.17. The van der Waals surface area contributed by atoms with Crippen LogP contribution in [0.1, 0.15) is 22.2 Å². The Labute approximate surface area is 142 Å². The Morgan fingerprint density at radius 3 is 2.64 bits per heavy atom. The minimum absolute atomic E-state index is 0.0501. The summed E-state index contributed by atoms with van der Waals surface area (Å²) in [6, 6.07) is 9.24. The third-order valence-corrected chi connectivity index (χ3v) is 4.69. The summed E-state index contributed by atoms with van der Waals surface area (Å²) in [6.45, 7) is 3.03. The maximum atomic E-state index is 12.5. The molecule has 1 aromatic carbocycles. The molecule has 0 spiro atoms. The molecular formula is C16H18BrNO3S. The highest BCUT2D eigenvalue weighted by molar-refractivity contribution is 9.11. The van der Waals surface area contributed by atoms with Gasteiger partial charge in [-0.2, -0.15) is 0 Å². The summed E-state index contributed by atoms with van der Waals surface area (Å²) in [4.78, 5) is 15.3. The number of carbonyl (C=O) groups is 1. The number of ether oxygens (including phenoxy) is 2. The van der Waals surface area contributed by atoms with E-state index in [9.17, 15) is 4.79 Å². The number of benzene rings is 1. The molecule has 0 aliphatic carbocycles. The summed E-state index contributed by atoms with van der Waals surface area (Å²) < 4.78 is 11.8. The van der Waals surface area contributed by atoms with Gasteiger partial charge in [0.05, 0.1) is 24.0 Å². The topological polar surface area (TPSA) is 38.8 Å². The van der Waals surface area contributed by atoms with Crippen LogP contribution in [0.15, 0.2) is 34.1 Å². The van der Waals surface area contributed by atoms with Gasteiger partial charge in [-0.05, 0) is 53.2 Å². The lowest BCUT2D eigenvalue weighted by Crippen LogP contribution is -2.25. The predicted octanol–water partition coefficient (Wildman–Crippen LogP) is 4.19. The summed E-state index contributed by atoms with van der Waals surface area (Å²) in [5.74, 6) is 1.16. The van der Waals surface area contributed by atoms with Gasteiger partial charge in [0.25, 0.3) is 5.91 Å². The fourth-order valence-electron chi connectivity index (χ4n) is 2.04. The zero-order valence-corrected chi connectivity index (χ0v) is 15.2. The van der Waals surface area contributed by atoms with Crippen LogP contribution in [-0.2, 0) is 6.54 Å². The van der Waals surface area contributed by atoms with Gasteiger partial charge in [0, 0.05) is 17.5 Å². The Hall–Kier alpha value is -1.53. The average Bonchev–Trinajstić information content (AvgIpc) is 2.92. The molecule has 4 nitrogen and oxygen atoms in total. The van der Waals surface area contributed by atoms with E-state index in [-0.39, 0.29) is 5.91 Å². The van der Waals surface area contributed by atoms with Crippen molar-refractivity contribution in [2.45, 2.75) is 13.5 Å². The third kappa shape index (κ3) is 4.01. The molecule has 0 saturated heterocycles. The fraction of sp³-hybridized carbons (Fsp3) is 0.312. The quantitative estimate of drug-likeness (QED) is 0.750. The predicted molar refractivity (Wildman–Crippen MR) is 92.0 cm³/mol. The second-order valence-electron chi connectivity index (χ2n) is 4.67. The number of halogens is 1. The molecule has 1 aromatic heterocycles. The molecule has 22 heavy (non-hydrogen) atoms. The summed E-state index contributed by atoms with van der Waals surface area (Å²) in [7, 11) is 3.36. The number of nitrogens with zero attached hydrogens (tertiary/aromatic N) is 1. The van der Waals surface area contributed by atoms with Crippen molar-refractivity contribution < 1.29 is 14.3 Å². The largest absolute Gasteiger partial charge is 0.493 e. The Kier molecular flexibility index (Phi) is 5.85. The first-order valence-electron chi connectivity index (χ1n) is 6.85. The molecule has 2 aromatic rings. The van der Waals surface area contributed by atoms with Crippen LogP contribution in [0.3, 0.4) is 0 Å². The standard InChI is InChI=1S/C16H18BrNO3S/c1-4-21-13-7-5-11(9-14(13)20-3)16(19)18(2)10-12-6-8-15(17)22-12/h5-9H,4,10H2,1-3H3. The zero-order chi connectivity index (χ0) is 16.1. The van der Waals surface area contributed by atoms with Crippen molar-refractivity contribution in [3.05, 3.63) is 44.6 Å². The number of thiophene rings is 1. The van der Waals surface area contributed by atoms with Gasteiger partial charge in [0.1, 0.15) is 0 Å². The van der Waals surface area contributed by atoms with E-state index in [2.05, 4.69) is 15.9 Å². The minimum atomic E-state index is -0.0501. The first kappa shape index (κ1) is 16.8. The number of carbonyl (C=O) groups excluding carboxylic acids is 1. The average molecular weight is 384 g/mol. The molecule has 0 saturated carbocycles. The van der Waals surface area contributed by atoms with Crippen LogP contribution in [0.25, 0.3) is 0 Å². The van der Waals surface area contributed by atoms with Crippen molar-refractivity contribution in [1.82, 2.24) is 4.90 Å². The molecule has 118 valence electrons. The number of hydrogen-bond acceptors (Lipinski definition) is 4. The molecule has 0 atom stereocenters. The van der Waals surface area contributed by atoms with Gasteiger partial charge < -0.3 is 14.4 Å². The molecule has 0 radical (unpaired) electrons. The molecule has 0 fully saturated rings. The van der Waals surface area contributed by atoms with Crippen LogP contribution in [0, 0.1) is 0 Å². The minimum Gasteiger partial charge on any atom is -0.493 e. The summed E-state index contributed by atoms with van der Waals surface area (Å²) in [5, 5.41) is 0. The fourth-order valence-corrected chi connectivity index (χ4v) is 3.57. The number of methoxy groups -OCH3 is 1. The SMILES string of the molecule is CCOc1ccc(C(=O)N(C)Cc2ccc(Br)s2)cc1OC. The summed E-state index contributed by atoms with van der Waals surface area (Å²) in [5.41, 5.74) is 0.582. The highest BCUT2D eigenvalue weighted by atomic mass is 79.9. The van der Waals surface area contributed by atoms with E-state index in [0.29, 0.717) is 30.2 Å². The monoisotopic (exact) mass is 383 g/mol. The second kappa shape index (κ2) is 7.65. The Balaban J connectivity index is 2.14. The van der Waals surface area contributed by atoms with Gasteiger partial charge in [-0.25, -0.2) is 0 Å². The Morgan fingerprint density at radius 2 is 2.05 bits per heavy atom. The van der Waals surface area contributed by atoms with E-state index in [1.807, 2.05) is 19.1 Å². The molecule has 0 N–H and O–H groups in total. The maximum Gasteiger partial charge on any atom is 0.254 e.